The highest BCUT2D eigenvalue weighted by molar-refractivity contribution is 5.72. The van der Waals surface area contributed by atoms with Gasteiger partial charge in [0.25, 0.3) is 0 Å². The molecule has 0 amide bonds. The first-order valence-electron chi connectivity index (χ1n) is 8.04. The van der Waals surface area contributed by atoms with E-state index in [0.29, 0.717) is 0 Å². The third-order valence-corrected chi connectivity index (χ3v) is 5.51. The first kappa shape index (κ1) is 15.8. The van der Waals surface area contributed by atoms with Crippen molar-refractivity contribution in [2.75, 3.05) is 0 Å². The number of hydrogen-bond donors (Lipinski definition) is 0. The lowest BCUT2D eigenvalue weighted by atomic mass is 9.57. The molecule has 2 fully saturated rings. The lowest BCUT2D eigenvalue weighted by Crippen LogP contribution is -2.65. The smallest absolute Gasteiger partial charge is 0.309 e. The summed E-state index contributed by atoms with van der Waals surface area (Å²) in [4.78, 5) is 12.2. The van der Waals surface area contributed by atoms with Crippen LogP contribution in [0.3, 0.4) is 0 Å². The summed E-state index contributed by atoms with van der Waals surface area (Å²) >= 11 is 0. The van der Waals surface area contributed by atoms with Gasteiger partial charge < -0.3 is 9.47 Å². The molecule has 0 aromatic heterocycles. The summed E-state index contributed by atoms with van der Waals surface area (Å²) in [5, 5.41) is 0. The van der Waals surface area contributed by atoms with Crippen LogP contribution in [0.25, 0.3) is 0 Å². The summed E-state index contributed by atoms with van der Waals surface area (Å²) < 4.78 is 12.4. The Morgan fingerprint density at radius 1 is 1.20 bits per heavy atom. The Morgan fingerprint density at radius 3 is 2.35 bits per heavy atom. The van der Waals surface area contributed by atoms with Crippen LogP contribution in [0.4, 0.5) is 0 Å². The lowest BCUT2D eigenvalue weighted by Gasteiger charge is -2.57. The molecule has 0 bridgehead atoms. The van der Waals surface area contributed by atoms with Crippen molar-refractivity contribution in [3.05, 3.63) is 0 Å². The van der Waals surface area contributed by atoms with Crippen molar-refractivity contribution < 1.29 is 14.3 Å². The van der Waals surface area contributed by atoms with Crippen LogP contribution in [0.15, 0.2) is 0 Å². The first-order valence-corrected chi connectivity index (χ1v) is 8.04. The number of carbonyl (C=O) groups excluding carboxylic acids is 1. The number of esters is 1. The van der Waals surface area contributed by atoms with Crippen molar-refractivity contribution in [3.8, 4) is 0 Å². The third-order valence-electron chi connectivity index (χ3n) is 5.51. The maximum Gasteiger partial charge on any atom is 0.309 e. The largest absolute Gasteiger partial charge is 0.456 e. The van der Waals surface area contributed by atoms with E-state index in [0.717, 1.165) is 32.1 Å². The Balaban J connectivity index is 2.36. The van der Waals surface area contributed by atoms with E-state index in [-0.39, 0.29) is 29.0 Å². The summed E-state index contributed by atoms with van der Waals surface area (Å²) in [7, 11) is 0. The zero-order valence-corrected chi connectivity index (χ0v) is 13.9. The summed E-state index contributed by atoms with van der Waals surface area (Å²) in [5.41, 5.74) is -0.787. The molecule has 2 aliphatic rings. The molecule has 0 N–H and O–H groups in total. The number of ether oxygens (including phenoxy) is 2. The van der Waals surface area contributed by atoms with Crippen LogP contribution < -0.4 is 0 Å². The normalized spacial score (nSPS) is 40.2. The third kappa shape index (κ3) is 2.28. The minimum Gasteiger partial charge on any atom is -0.456 e. The molecule has 3 unspecified atom stereocenters. The molecule has 116 valence electrons. The molecule has 1 aliphatic heterocycles. The van der Waals surface area contributed by atoms with Gasteiger partial charge in [0.05, 0.1) is 12.0 Å². The van der Waals surface area contributed by atoms with Gasteiger partial charge in [-0.15, -0.1) is 0 Å². The average Bonchev–Trinajstić information content (AvgIpc) is 2.71. The highest BCUT2D eigenvalue weighted by Gasteiger charge is 2.64. The maximum atomic E-state index is 12.2. The molecule has 3 atom stereocenters. The molecule has 1 spiro atoms. The predicted molar refractivity (Wildman–Crippen MR) is 79.5 cm³/mol. The Bertz CT molecular complexity index is 388. The molecular formula is C17H30O3. The average molecular weight is 282 g/mol. The fourth-order valence-corrected chi connectivity index (χ4v) is 4.22. The van der Waals surface area contributed by atoms with E-state index in [2.05, 4.69) is 27.7 Å². The van der Waals surface area contributed by atoms with Gasteiger partial charge in [-0.3, -0.25) is 4.79 Å². The van der Waals surface area contributed by atoms with E-state index >= 15 is 0 Å². The van der Waals surface area contributed by atoms with E-state index < -0.39 is 5.60 Å². The lowest BCUT2D eigenvalue weighted by molar-refractivity contribution is -0.253. The highest BCUT2D eigenvalue weighted by Crippen LogP contribution is 2.58. The second-order valence-electron chi connectivity index (χ2n) is 7.84. The number of rotatable bonds is 2. The van der Waals surface area contributed by atoms with Crippen LogP contribution in [0.2, 0.25) is 0 Å². The second-order valence-corrected chi connectivity index (χ2v) is 7.84. The van der Waals surface area contributed by atoms with Gasteiger partial charge in [-0.1, -0.05) is 27.7 Å². The summed E-state index contributed by atoms with van der Waals surface area (Å²) in [5.74, 6) is -0.194. The zero-order valence-electron chi connectivity index (χ0n) is 13.9. The SMILES string of the molecule is CC1CCC2(O1)C(C)(C)CCCC2(C)OC(=O)C(C)C. The summed E-state index contributed by atoms with van der Waals surface area (Å²) in [6.45, 7) is 12.5. The van der Waals surface area contributed by atoms with Crippen LogP contribution in [-0.4, -0.2) is 23.3 Å². The Morgan fingerprint density at radius 2 is 1.85 bits per heavy atom. The fourth-order valence-electron chi connectivity index (χ4n) is 4.22. The highest BCUT2D eigenvalue weighted by atomic mass is 16.6. The predicted octanol–water partition coefficient (Wildman–Crippen LogP) is 4.09. The van der Waals surface area contributed by atoms with E-state index in [1.807, 2.05) is 13.8 Å². The van der Waals surface area contributed by atoms with Crippen LogP contribution in [0, 0.1) is 11.3 Å². The van der Waals surface area contributed by atoms with Gasteiger partial charge >= 0.3 is 5.97 Å². The van der Waals surface area contributed by atoms with Crippen LogP contribution in [-0.2, 0) is 14.3 Å². The van der Waals surface area contributed by atoms with E-state index in [9.17, 15) is 4.79 Å². The van der Waals surface area contributed by atoms with E-state index in [4.69, 9.17) is 9.47 Å². The van der Waals surface area contributed by atoms with E-state index in [1.165, 1.54) is 0 Å². The van der Waals surface area contributed by atoms with Crippen molar-refractivity contribution in [1.82, 2.24) is 0 Å². The molecule has 1 aliphatic carbocycles. The van der Waals surface area contributed by atoms with Gasteiger partial charge in [-0.05, 0) is 51.4 Å². The maximum absolute atomic E-state index is 12.2. The Kier molecular flexibility index (Phi) is 3.96. The van der Waals surface area contributed by atoms with Gasteiger partial charge in [0.1, 0.15) is 11.2 Å². The molecule has 2 rings (SSSR count). The minimum atomic E-state index is -0.499. The summed E-state index contributed by atoms with van der Waals surface area (Å²) in [6, 6.07) is 0. The van der Waals surface area contributed by atoms with Crippen LogP contribution >= 0.6 is 0 Å². The monoisotopic (exact) mass is 282 g/mol. The van der Waals surface area contributed by atoms with Crippen LogP contribution in [0.5, 0.6) is 0 Å². The minimum absolute atomic E-state index is 0.0437. The first-order chi connectivity index (χ1) is 9.14. The quantitative estimate of drug-likeness (QED) is 0.716. The molecule has 0 aromatic carbocycles. The van der Waals surface area contributed by atoms with Gasteiger partial charge in [0.15, 0.2) is 0 Å². The number of carbonyl (C=O) groups is 1. The Hall–Kier alpha value is -0.570. The molecule has 20 heavy (non-hydrogen) atoms. The van der Waals surface area contributed by atoms with Gasteiger partial charge in [0.2, 0.25) is 0 Å². The molecular weight excluding hydrogens is 252 g/mol. The molecule has 1 saturated carbocycles. The summed E-state index contributed by atoms with van der Waals surface area (Å²) in [6.07, 6.45) is 5.43. The fraction of sp³-hybridized carbons (Fsp3) is 0.941. The molecule has 0 aromatic rings. The van der Waals surface area contributed by atoms with Crippen molar-refractivity contribution in [3.63, 3.8) is 0 Å². The van der Waals surface area contributed by atoms with Gasteiger partial charge in [0, 0.05) is 0 Å². The number of hydrogen-bond acceptors (Lipinski definition) is 3. The van der Waals surface area contributed by atoms with Crippen LogP contribution in [0.1, 0.15) is 73.6 Å². The topological polar surface area (TPSA) is 35.5 Å². The second kappa shape index (κ2) is 5.01. The molecule has 3 nitrogen and oxygen atoms in total. The van der Waals surface area contributed by atoms with Gasteiger partial charge in [-0.25, -0.2) is 0 Å². The Labute approximate surface area is 123 Å². The molecule has 1 heterocycles. The molecule has 1 saturated heterocycles. The van der Waals surface area contributed by atoms with Crippen molar-refractivity contribution in [2.24, 2.45) is 11.3 Å². The van der Waals surface area contributed by atoms with Gasteiger partial charge in [-0.2, -0.15) is 0 Å². The van der Waals surface area contributed by atoms with Crippen molar-refractivity contribution in [1.29, 1.82) is 0 Å². The zero-order chi connectivity index (χ0) is 15.2. The van der Waals surface area contributed by atoms with Crippen molar-refractivity contribution in [2.45, 2.75) is 91.0 Å². The van der Waals surface area contributed by atoms with E-state index in [1.54, 1.807) is 0 Å². The van der Waals surface area contributed by atoms with Crippen molar-refractivity contribution >= 4 is 5.97 Å². The standard InChI is InChI=1S/C17H30O3/c1-12(2)14(18)20-16(6)10-7-9-15(4,5)17(16)11-8-13(3)19-17/h12-13H,7-11H2,1-6H3. The molecule has 0 radical (unpaired) electrons. The molecule has 3 heteroatoms.